The van der Waals surface area contributed by atoms with Crippen LogP contribution in [0.1, 0.15) is 49.3 Å². The third kappa shape index (κ3) is 5.36. The van der Waals surface area contributed by atoms with E-state index < -0.39 is 0 Å². The van der Waals surface area contributed by atoms with Crippen molar-refractivity contribution in [2.45, 2.75) is 38.9 Å². The van der Waals surface area contributed by atoms with Gasteiger partial charge in [0.05, 0.1) is 19.8 Å². The van der Waals surface area contributed by atoms with E-state index in [-0.39, 0.29) is 6.29 Å². The maximum atomic E-state index is 5.67. The summed E-state index contributed by atoms with van der Waals surface area (Å²) in [5, 5.41) is 0. The van der Waals surface area contributed by atoms with Crippen LogP contribution in [0, 0.1) is 11.8 Å². The Morgan fingerprint density at radius 1 is 0.923 bits per heavy atom. The predicted molar refractivity (Wildman–Crippen MR) is 103 cm³/mol. The van der Waals surface area contributed by atoms with Crippen LogP contribution in [0.3, 0.4) is 0 Å². The minimum atomic E-state index is -0.0974. The molecule has 2 aromatic rings. The monoisotopic (exact) mass is 350 g/mol. The summed E-state index contributed by atoms with van der Waals surface area (Å²) >= 11 is 0. The molecule has 1 aliphatic rings. The van der Waals surface area contributed by atoms with Gasteiger partial charge in [0.25, 0.3) is 0 Å². The number of rotatable bonds is 5. The first-order valence-corrected chi connectivity index (χ1v) is 9.32. The fourth-order valence-electron chi connectivity index (χ4n) is 2.74. The molecule has 1 heterocycles. The Labute approximate surface area is 156 Å². The van der Waals surface area contributed by atoms with Gasteiger partial charge >= 0.3 is 0 Å². The van der Waals surface area contributed by atoms with Crippen molar-refractivity contribution in [3.05, 3.63) is 65.2 Å². The van der Waals surface area contributed by atoms with Crippen molar-refractivity contribution in [3.8, 4) is 17.6 Å². The van der Waals surface area contributed by atoms with Gasteiger partial charge in [-0.1, -0.05) is 37.3 Å². The molecule has 0 bridgehead atoms. The average Bonchev–Trinajstić information content (AvgIpc) is 2.69. The normalized spacial score (nSPS) is 19.5. The molecule has 0 unspecified atom stereocenters. The van der Waals surface area contributed by atoms with Gasteiger partial charge in [0.2, 0.25) is 0 Å². The first-order chi connectivity index (χ1) is 12.7. The molecule has 1 aliphatic heterocycles. The maximum Gasteiger partial charge on any atom is 0.154 e. The second-order valence-electron chi connectivity index (χ2n) is 6.53. The van der Waals surface area contributed by atoms with Crippen LogP contribution >= 0.6 is 0 Å². The average molecular weight is 350 g/mol. The zero-order valence-electron chi connectivity index (χ0n) is 15.5. The van der Waals surface area contributed by atoms with Crippen molar-refractivity contribution >= 4 is 0 Å². The Balaban J connectivity index is 1.57. The molecule has 0 aromatic heterocycles. The van der Waals surface area contributed by atoms with Gasteiger partial charge < -0.3 is 14.2 Å². The van der Waals surface area contributed by atoms with E-state index in [9.17, 15) is 0 Å². The Bertz CT molecular complexity index is 730. The minimum Gasteiger partial charge on any atom is -0.494 e. The van der Waals surface area contributed by atoms with Crippen LogP contribution in [-0.4, -0.2) is 26.1 Å². The van der Waals surface area contributed by atoms with E-state index in [2.05, 4.69) is 43.0 Å². The van der Waals surface area contributed by atoms with Gasteiger partial charge in [-0.3, -0.25) is 0 Å². The first-order valence-electron chi connectivity index (χ1n) is 9.32. The summed E-state index contributed by atoms with van der Waals surface area (Å²) in [7, 11) is 0. The highest BCUT2D eigenvalue weighted by molar-refractivity contribution is 5.45. The van der Waals surface area contributed by atoms with Gasteiger partial charge in [-0.2, -0.15) is 0 Å². The lowest BCUT2D eigenvalue weighted by atomic mass is 9.99. The third-order valence-corrected chi connectivity index (χ3v) is 4.42. The Kier molecular flexibility index (Phi) is 6.71. The molecule has 26 heavy (non-hydrogen) atoms. The molecule has 0 saturated carbocycles. The van der Waals surface area contributed by atoms with Crippen molar-refractivity contribution < 1.29 is 14.2 Å². The molecular weight excluding hydrogens is 324 g/mol. The van der Waals surface area contributed by atoms with Crippen molar-refractivity contribution in [2.75, 3.05) is 19.8 Å². The third-order valence-electron chi connectivity index (χ3n) is 4.42. The quantitative estimate of drug-likeness (QED) is 0.576. The summed E-state index contributed by atoms with van der Waals surface area (Å²) in [6.07, 6.45) is 2.12. The Morgan fingerprint density at radius 3 is 2.08 bits per heavy atom. The van der Waals surface area contributed by atoms with Crippen molar-refractivity contribution in [1.82, 2.24) is 0 Å². The van der Waals surface area contributed by atoms with E-state index in [0.717, 1.165) is 36.3 Å². The van der Waals surface area contributed by atoms with Crippen LogP contribution < -0.4 is 4.74 Å². The fraction of sp³-hybridized carbons (Fsp3) is 0.391. The predicted octanol–water partition coefficient (Wildman–Crippen LogP) is 4.74. The lowest BCUT2D eigenvalue weighted by Crippen LogP contribution is -2.28. The van der Waals surface area contributed by atoms with Crippen molar-refractivity contribution in [3.63, 3.8) is 0 Å². The zero-order valence-corrected chi connectivity index (χ0v) is 15.5. The number of ether oxygens (including phenoxy) is 3. The molecule has 3 nitrogen and oxygen atoms in total. The number of hydrogen-bond acceptors (Lipinski definition) is 3. The molecule has 1 fully saturated rings. The van der Waals surface area contributed by atoms with Crippen LogP contribution in [0.15, 0.2) is 48.5 Å². The molecule has 136 valence electrons. The molecule has 0 atom stereocenters. The highest BCUT2D eigenvalue weighted by Crippen LogP contribution is 2.22. The second-order valence-corrected chi connectivity index (χ2v) is 6.53. The molecule has 0 N–H and O–H groups in total. The van der Waals surface area contributed by atoms with Gasteiger partial charge in [-0.15, -0.1) is 0 Å². The summed E-state index contributed by atoms with van der Waals surface area (Å²) in [5.74, 6) is 7.62. The summed E-state index contributed by atoms with van der Waals surface area (Å²) in [5.41, 5.74) is 3.22. The molecule has 0 radical (unpaired) electrons. The largest absolute Gasteiger partial charge is 0.494 e. The number of unbranched alkanes of at least 4 members (excludes halogenated alkanes) is 1. The van der Waals surface area contributed by atoms with Gasteiger partial charge in [0.15, 0.2) is 6.29 Å². The molecule has 2 aromatic carbocycles. The number of benzene rings is 2. The summed E-state index contributed by atoms with van der Waals surface area (Å²) < 4.78 is 16.8. The van der Waals surface area contributed by atoms with Crippen LogP contribution in [-0.2, 0) is 9.47 Å². The van der Waals surface area contributed by atoms with E-state index in [4.69, 9.17) is 14.2 Å². The molecule has 3 rings (SSSR count). The van der Waals surface area contributed by atoms with E-state index >= 15 is 0 Å². The highest BCUT2D eigenvalue weighted by Gasteiger charge is 2.20. The van der Waals surface area contributed by atoms with Crippen molar-refractivity contribution in [2.24, 2.45) is 0 Å². The second kappa shape index (κ2) is 9.43. The van der Waals surface area contributed by atoms with Crippen LogP contribution in [0.4, 0.5) is 0 Å². The zero-order chi connectivity index (χ0) is 18.2. The highest BCUT2D eigenvalue weighted by atomic mass is 16.7. The lowest BCUT2D eigenvalue weighted by Gasteiger charge is -2.27. The van der Waals surface area contributed by atoms with Crippen LogP contribution in [0.25, 0.3) is 0 Å². The summed E-state index contributed by atoms with van der Waals surface area (Å²) in [4.78, 5) is 0. The Hall–Kier alpha value is -2.28. The van der Waals surface area contributed by atoms with Crippen LogP contribution in [0.5, 0.6) is 5.75 Å². The SMILES string of the molecule is CCCCOc1ccc(C#Cc2ccc(C3COC(C)OC3)cc2)cc1. The molecule has 3 heteroatoms. The molecule has 0 amide bonds. The van der Waals surface area contributed by atoms with Gasteiger partial charge in [-0.05, 0) is 55.3 Å². The van der Waals surface area contributed by atoms with Crippen LogP contribution in [0.2, 0.25) is 0 Å². The summed E-state index contributed by atoms with van der Waals surface area (Å²) in [6.45, 7) is 6.27. The standard InChI is InChI=1S/C23H26O3/c1-3-4-15-24-23-13-9-20(10-14-23)6-5-19-7-11-21(12-8-19)22-16-25-18(2)26-17-22/h7-14,18,22H,3-4,15-17H2,1-2H3. The minimum absolute atomic E-state index is 0.0974. The lowest BCUT2D eigenvalue weighted by molar-refractivity contribution is -0.176. The number of hydrogen-bond donors (Lipinski definition) is 0. The molecular formula is C23H26O3. The van der Waals surface area contributed by atoms with Crippen molar-refractivity contribution in [1.29, 1.82) is 0 Å². The molecule has 1 saturated heterocycles. The van der Waals surface area contributed by atoms with E-state index in [1.54, 1.807) is 0 Å². The summed E-state index contributed by atoms with van der Waals surface area (Å²) in [6, 6.07) is 16.3. The van der Waals surface area contributed by atoms with Gasteiger partial charge in [0, 0.05) is 17.0 Å². The van der Waals surface area contributed by atoms with E-state index in [0.29, 0.717) is 19.1 Å². The van der Waals surface area contributed by atoms with Gasteiger partial charge in [0.1, 0.15) is 5.75 Å². The fourth-order valence-corrected chi connectivity index (χ4v) is 2.74. The molecule has 0 aliphatic carbocycles. The first kappa shape index (κ1) is 18.5. The maximum absolute atomic E-state index is 5.67. The smallest absolute Gasteiger partial charge is 0.154 e. The van der Waals surface area contributed by atoms with Gasteiger partial charge in [-0.25, -0.2) is 0 Å². The van der Waals surface area contributed by atoms with E-state index in [1.807, 2.05) is 31.2 Å². The Morgan fingerprint density at radius 2 is 1.50 bits per heavy atom. The topological polar surface area (TPSA) is 27.7 Å². The van der Waals surface area contributed by atoms with E-state index in [1.165, 1.54) is 5.56 Å². The molecule has 0 spiro atoms.